The van der Waals surface area contributed by atoms with Crippen molar-refractivity contribution < 1.29 is 15.3 Å². The van der Waals surface area contributed by atoms with Crippen LogP contribution in [0.15, 0.2) is 60.7 Å². The fourth-order valence-corrected chi connectivity index (χ4v) is 3.52. The summed E-state index contributed by atoms with van der Waals surface area (Å²) in [5, 5.41) is 32.1. The number of hydrogen-bond acceptors (Lipinski definition) is 4. The third-order valence-electron chi connectivity index (χ3n) is 4.07. The van der Waals surface area contributed by atoms with Gasteiger partial charge in [-0.05, 0) is 17.4 Å². The quantitative estimate of drug-likeness (QED) is 0.694. The van der Waals surface area contributed by atoms with Gasteiger partial charge in [-0.15, -0.1) is 0 Å². The summed E-state index contributed by atoms with van der Waals surface area (Å²) >= 11 is 1.42. The van der Waals surface area contributed by atoms with E-state index in [-0.39, 0.29) is 5.75 Å². The van der Waals surface area contributed by atoms with Crippen LogP contribution in [0.5, 0.6) is 0 Å². The normalized spacial score (nSPS) is 16.5. The van der Waals surface area contributed by atoms with Crippen molar-refractivity contribution in [1.29, 1.82) is 0 Å². The van der Waals surface area contributed by atoms with Gasteiger partial charge in [0.1, 0.15) is 5.60 Å². The van der Waals surface area contributed by atoms with E-state index < -0.39 is 17.8 Å². The largest absolute Gasteiger partial charge is 0.390 e. The maximum absolute atomic E-state index is 11.0. The summed E-state index contributed by atoms with van der Waals surface area (Å²) in [5.41, 5.74) is 0.323. The first-order valence-corrected chi connectivity index (χ1v) is 9.11. The summed E-state index contributed by atoms with van der Waals surface area (Å²) in [5.74, 6) is 0.273. The van der Waals surface area contributed by atoms with Gasteiger partial charge in [0.15, 0.2) is 0 Å². The Morgan fingerprint density at radius 2 is 1.22 bits per heavy atom. The van der Waals surface area contributed by atoms with Crippen molar-refractivity contribution in [3.63, 3.8) is 0 Å². The molecule has 0 bridgehead atoms. The Balaban J connectivity index is 2.12. The summed E-state index contributed by atoms with van der Waals surface area (Å²) in [6.45, 7) is 0. The first-order chi connectivity index (χ1) is 11.1. The standard InChI is InChI=1S/C19H24O3S/c1-23-14-19(22,17(20)12-15-8-4-2-5-9-15)18(21)13-16-10-6-3-7-11-16/h2-11,17-18,20-22H,12-14H2,1H3. The molecule has 2 aromatic rings. The van der Waals surface area contributed by atoms with Crippen LogP contribution < -0.4 is 0 Å². The Hall–Kier alpha value is -1.33. The lowest BCUT2D eigenvalue weighted by molar-refractivity contribution is -0.129. The summed E-state index contributed by atoms with van der Waals surface area (Å²) < 4.78 is 0. The van der Waals surface area contributed by atoms with Crippen LogP contribution in [-0.2, 0) is 12.8 Å². The fraction of sp³-hybridized carbons (Fsp3) is 0.368. The predicted molar refractivity (Wildman–Crippen MR) is 95.6 cm³/mol. The molecule has 2 rings (SSSR count). The third kappa shape index (κ3) is 4.82. The Morgan fingerprint density at radius 3 is 1.57 bits per heavy atom. The summed E-state index contributed by atoms with van der Waals surface area (Å²) in [6.07, 6.45) is 0.412. The Morgan fingerprint density at radius 1 is 0.826 bits per heavy atom. The zero-order valence-corrected chi connectivity index (χ0v) is 14.1. The monoisotopic (exact) mass is 332 g/mol. The van der Waals surface area contributed by atoms with E-state index in [9.17, 15) is 15.3 Å². The van der Waals surface area contributed by atoms with Crippen LogP contribution in [0, 0.1) is 0 Å². The number of aliphatic hydroxyl groups is 3. The van der Waals surface area contributed by atoms with Gasteiger partial charge < -0.3 is 15.3 Å². The van der Waals surface area contributed by atoms with E-state index in [0.717, 1.165) is 11.1 Å². The molecule has 0 amide bonds. The van der Waals surface area contributed by atoms with Crippen LogP contribution in [0.4, 0.5) is 0 Å². The van der Waals surface area contributed by atoms with Gasteiger partial charge in [0.2, 0.25) is 0 Å². The molecule has 0 saturated carbocycles. The van der Waals surface area contributed by atoms with Crippen LogP contribution in [0.1, 0.15) is 11.1 Å². The Labute approximate surface area is 142 Å². The van der Waals surface area contributed by atoms with Crippen LogP contribution in [0.25, 0.3) is 0 Å². The van der Waals surface area contributed by atoms with Crippen molar-refractivity contribution in [1.82, 2.24) is 0 Å². The van der Waals surface area contributed by atoms with E-state index in [2.05, 4.69) is 0 Å². The molecule has 0 aliphatic carbocycles. The number of benzene rings is 2. The number of aliphatic hydroxyl groups excluding tert-OH is 2. The van der Waals surface area contributed by atoms with Crippen LogP contribution in [-0.4, -0.2) is 45.1 Å². The van der Waals surface area contributed by atoms with Gasteiger partial charge in [-0.2, -0.15) is 11.8 Å². The van der Waals surface area contributed by atoms with Gasteiger partial charge in [0.25, 0.3) is 0 Å². The van der Waals surface area contributed by atoms with Crippen LogP contribution in [0.2, 0.25) is 0 Å². The highest BCUT2D eigenvalue weighted by atomic mass is 32.2. The van der Waals surface area contributed by atoms with E-state index in [0.29, 0.717) is 12.8 Å². The highest BCUT2D eigenvalue weighted by Gasteiger charge is 2.42. The van der Waals surface area contributed by atoms with E-state index in [1.54, 1.807) is 0 Å². The predicted octanol–water partition coefficient (Wildman–Crippen LogP) is 2.29. The van der Waals surface area contributed by atoms with E-state index in [1.165, 1.54) is 11.8 Å². The fourth-order valence-electron chi connectivity index (χ4n) is 2.67. The first-order valence-electron chi connectivity index (χ1n) is 7.71. The van der Waals surface area contributed by atoms with Crippen molar-refractivity contribution in [3.05, 3.63) is 71.8 Å². The SMILES string of the molecule is CSCC(O)(C(O)Cc1ccccc1)C(O)Cc1ccccc1. The second-order valence-electron chi connectivity index (χ2n) is 5.84. The Kier molecular flexibility index (Phi) is 6.66. The maximum Gasteiger partial charge on any atom is 0.126 e. The third-order valence-corrected chi connectivity index (χ3v) is 4.82. The molecule has 4 heteroatoms. The number of rotatable bonds is 8. The average Bonchev–Trinajstić information content (AvgIpc) is 2.56. The van der Waals surface area contributed by atoms with E-state index in [4.69, 9.17) is 0 Å². The lowest BCUT2D eigenvalue weighted by atomic mass is 9.85. The van der Waals surface area contributed by atoms with Crippen molar-refractivity contribution >= 4 is 11.8 Å². The minimum absolute atomic E-state index is 0.273. The zero-order chi connectivity index (χ0) is 16.7. The van der Waals surface area contributed by atoms with Gasteiger partial charge in [-0.1, -0.05) is 60.7 Å². The molecule has 0 aromatic heterocycles. The first kappa shape index (κ1) is 18.0. The number of thioether (sulfide) groups is 1. The van der Waals surface area contributed by atoms with Gasteiger partial charge in [0.05, 0.1) is 12.2 Å². The summed E-state index contributed by atoms with van der Waals surface area (Å²) in [6, 6.07) is 19.1. The highest BCUT2D eigenvalue weighted by molar-refractivity contribution is 7.98. The zero-order valence-electron chi connectivity index (χ0n) is 13.3. The molecule has 3 N–H and O–H groups in total. The van der Waals surface area contributed by atoms with Crippen LogP contribution in [0.3, 0.4) is 0 Å². The molecule has 3 nitrogen and oxygen atoms in total. The topological polar surface area (TPSA) is 60.7 Å². The average molecular weight is 332 g/mol. The molecule has 23 heavy (non-hydrogen) atoms. The van der Waals surface area contributed by atoms with Crippen molar-refractivity contribution in [2.75, 3.05) is 12.0 Å². The molecular weight excluding hydrogens is 308 g/mol. The lowest BCUT2D eigenvalue weighted by Gasteiger charge is -2.37. The van der Waals surface area contributed by atoms with E-state index >= 15 is 0 Å². The lowest BCUT2D eigenvalue weighted by Crippen LogP contribution is -2.56. The molecule has 0 heterocycles. The minimum atomic E-state index is -1.55. The van der Waals surface area contributed by atoms with Crippen molar-refractivity contribution in [2.45, 2.75) is 30.7 Å². The molecule has 0 spiro atoms. The molecule has 2 aromatic carbocycles. The molecule has 124 valence electrons. The minimum Gasteiger partial charge on any atom is -0.390 e. The smallest absolute Gasteiger partial charge is 0.126 e. The number of hydrogen-bond donors (Lipinski definition) is 3. The van der Waals surface area contributed by atoms with Gasteiger partial charge >= 0.3 is 0 Å². The second kappa shape index (κ2) is 8.50. The molecule has 0 fully saturated rings. The molecule has 0 saturated heterocycles. The van der Waals surface area contributed by atoms with E-state index in [1.807, 2.05) is 66.9 Å². The molecular formula is C19H24O3S. The molecule has 2 atom stereocenters. The van der Waals surface area contributed by atoms with Crippen molar-refractivity contribution in [3.8, 4) is 0 Å². The Bertz CT molecular complexity index is 526. The maximum atomic E-state index is 11.0. The highest BCUT2D eigenvalue weighted by Crippen LogP contribution is 2.26. The molecule has 0 aliphatic rings. The summed E-state index contributed by atoms with van der Waals surface area (Å²) in [4.78, 5) is 0. The van der Waals surface area contributed by atoms with Crippen molar-refractivity contribution in [2.24, 2.45) is 0 Å². The second-order valence-corrected chi connectivity index (χ2v) is 6.70. The molecule has 2 unspecified atom stereocenters. The van der Waals surface area contributed by atoms with Gasteiger partial charge in [-0.3, -0.25) is 0 Å². The molecule has 0 aliphatic heterocycles. The van der Waals surface area contributed by atoms with Gasteiger partial charge in [-0.25, -0.2) is 0 Å². The molecule has 0 radical (unpaired) electrons. The van der Waals surface area contributed by atoms with Crippen LogP contribution >= 0.6 is 11.8 Å². The summed E-state index contributed by atoms with van der Waals surface area (Å²) in [7, 11) is 0. The van der Waals surface area contributed by atoms with Gasteiger partial charge in [0, 0.05) is 18.6 Å².